The molecule has 0 radical (unpaired) electrons. The first-order valence-electron chi connectivity index (χ1n) is 7.47. The molecular weight excluding hydrogens is 300 g/mol. The van der Waals surface area contributed by atoms with Gasteiger partial charge in [-0.1, -0.05) is 12.1 Å². The van der Waals surface area contributed by atoms with Gasteiger partial charge in [-0.2, -0.15) is 0 Å². The lowest BCUT2D eigenvalue weighted by molar-refractivity contribution is 0.0902. The Bertz CT molecular complexity index is 783. The van der Waals surface area contributed by atoms with Crippen LogP contribution >= 0.6 is 0 Å². The highest BCUT2D eigenvalue weighted by Gasteiger charge is 2.28. The van der Waals surface area contributed by atoms with Crippen molar-refractivity contribution >= 4 is 20.9 Å². The van der Waals surface area contributed by atoms with Gasteiger partial charge in [0.05, 0.1) is 11.6 Å². The van der Waals surface area contributed by atoms with E-state index in [0.29, 0.717) is 12.1 Å². The van der Waals surface area contributed by atoms with Crippen molar-refractivity contribution in [2.24, 2.45) is 0 Å². The smallest absolute Gasteiger partial charge is 0.243 e. The van der Waals surface area contributed by atoms with Crippen molar-refractivity contribution in [2.45, 2.75) is 43.7 Å². The predicted octanol–water partition coefficient (Wildman–Crippen LogP) is 2.39. The summed E-state index contributed by atoms with van der Waals surface area (Å²) in [5.41, 5.74) is 1.50. The van der Waals surface area contributed by atoms with Crippen molar-refractivity contribution in [1.82, 2.24) is 9.71 Å². The van der Waals surface area contributed by atoms with Crippen LogP contribution in [0.2, 0.25) is 0 Å². The van der Waals surface area contributed by atoms with Gasteiger partial charge in [0.25, 0.3) is 0 Å². The maximum absolute atomic E-state index is 12.7. The second-order valence-electron chi connectivity index (χ2n) is 5.80. The number of rotatable bonds is 4. The number of sulfonamides is 1. The molecule has 1 aromatic carbocycles. The van der Waals surface area contributed by atoms with Gasteiger partial charge < -0.3 is 4.74 Å². The fourth-order valence-corrected chi connectivity index (χ4v) is 4.29. The van der Waals surface area contributed by atoms with Crippen LogP contribution in [-0.4, -0.2) is 32.2 Å². The van der Waals surface area contributed by atoms with Crippen LogP contribution in [-0.2, 0) is 14.8 Å². The van der Waals surface area contributed by atoms with Gasteiger partial charge in [-0.15, -0.1) is 0 Å². The Hall–Kier alpha value is -1.50. The molecule has 1 fully saturated rings. The highest BCUT2D eigenvalue weighted by atomic mass is 32.2. The molecule has 1 N–H and O–H groups in total. The van der Waals surface area contributed by atoms with E-state index in [1.165, 1.54) is 0 Å². The second kappa shape index (κ2) is 5.95. The van der Waals surface area contributed by atoms with Crippen molar-refractivity contribution in [3.8, 4) is 0 Å². The second-order valence-corrected chi connectivity index (χ2v) is 7.48. The van der Waals surface area contributed by atoms with E-state index in [4.69, 9.17) is 4.74 Å². The summed E-state index contributed by atoms with van der Waals surface area (Å²) in [4.78, 5) is 4.52. The Morgan fingerprint density at radius 3 is 2.95 bits per heavy atom. The summed E-state index contributed by atoms with van der Waals surface area (Å²) < 4.78 is 33.7. The minimum Gasteiger partial charge on any atom is -0.377 e. The van der Waals surface area contributed by atoms with Crippen molar-refractivity contribution < 1.29 is 13.2 Å². The van der Waals surface area contributed by atoms with Crippen molar-refractivity contribution in [3.05, 3.63) is 36.0 Å². The first kappa shape index (κ1) is 15.4. The average Bonchev–Trinajstić information content (AvgIpc) is 3.00. The Labute approximate surface area is 130 Å². The van der Waals surface area contributed by atoms with E-state index in [2.05, 4.69) is 9.71 Å². The summed E-state index contributed by atoms with van der Waals surface area (Å²) in [6.45, 7) is 4.48. The zero-order valence-electron chi connectivity index (χ0n) is 12.7. The molecule has 0 bridgehead atoms. The van der Waals surface area contributed by atoms with Gasteiger partial charge in [-0.3, -0.25) is 4.98 Å². The third-order valence-corrected chi connectivity index (χ3v) is 5.55. The first-order valence-corrected chi connectivity index (χ1v) is 8.95. The van der Waals surface area contributed by atoms with Crippen LogP contribution in [0.1, 0.15) is 25.3 Å². The number of nitrogens with zero attached hydrogens (tertiary/aromatic N) is 1. The SMILES string of the molecule is Cc1cnc2c(S(=O)(=O)N[C@H](C)[C@@H]3CCCO3)cccc2c1. The van der Waals surface area contributed by atoms with E-state index < -0.39 is 10.0 Å². The molecule has 0 amide bonds. The summed E-state index contributed by atoms with van der Waals surface area (Å²) in [6, 6.07) is 6.89. The van der Waals surface area contributed by atoms with Crippen LogP contribution in [0.15, 0.2) is 35.4 Å². The van der Waals surface area contributed by atoms with Crippen molar-refractivity contribution in [3.63, 3.8) is 0 Å². The van der Waals surface area contributed by atoms with Crippen LogP contribution in [0, 0.1) is 6.92 Å². The Balaban J connectivity index is 1.95. The number of ether oxygens (including phenoxy) is 1. The van der Waals surface area contributed by atoms with Gasteiger partial charge in [0.1, 0.15) is 4.90 Å². The summed E-state index contributed by atoms with van der Waals surface area (Å²) in [5, 5.41) is 0.827. The number of para-hydroxylation sites is 1. The fraction of sp³-hybridized carbons (Fsp3) is 0.438. The molecule has 1 aromatic heterocycles. The Morgan fingerprint density at radius 2 is 2.23 bits per heavy atom. The lowest BCUT2D eigenvalue weighted by Crippen LogP contribution is -2.40. The van der Waals surface area contributed by atoms with E-state index in [1.54, 1.807) is 18.3 Å². The molecule has 1 saturated heterocycles. The zero-order valence-corrected chi connectivity index (χ0v) is 13.6. The molecule has 6 heteroatoms. The number of fused-ring (bicyclic) bond motifs is 1. The van der Waals surface area contributed by atoms with E-state index >= 15 is 0 Å². The molecule has 5 nitrogen and oxygen atoms in total. The van der Waals surface area contributed by atoms with Crippen LogP contribution in [0.3, 0.4) is 0 Å². The lowest BCUT2D eigenvalue weighted by Gasteiger charge is -2.20. The molecule has 0 aliphatic carbocycles. The quantitative estimate of drug-likeness (QED) is 0.939. The normalized spacial score (nSPS) is 20.4. The largest absolute Gasteiger partial charge is 0.377 e. The van der Waals surface area contributed by atoms with Gasteiger partial charge in [0, 0.05) is 24.2 Å². The van der Waals surface area contributed by atoms with Gasteiger partial charge in [-0.05, 0) is 44.4 Å². The lowest BCUT2D eigenvalue weighted by atomic mass is 10.1. The molecule has 2 atom stereocenters. The Kier molecular flexibility index (Phi) is 4.16. The van der Waals surface area contributed by atoms with Crippen molar-refractivity contribution in [1.29, 1.82) is 0 Å². The molecular formula is C16H20N2O3S. The summed E-state index contributed by atoms with van der Waals surface area (Å²) in [6.07, 6.45) is 3.49. The van der Waals surface area contributed by atoms with E-state index in [1.807, 2.05) is 26.0 Å². The van der Waals surface area contributed by atoms with Gasteiger partial charge in [0.15, 0.2) is 0 Å². The molecule has 0 saturated carbocycles. The minimum atomic E-state index is -3.63. The van der Waals surface area contributed by atoms with Gasteiger partial charge in [0.2, 0.25) is 10.0 Å². The molecule has 3 rings (SSSR count). The van der Waals surface area contributed by atoms with Gasteiger partial charge >= 0.3 is 0 Å². The minimum absolute atomic E-state index is 0.0556. The van der Waals surface area contributed by atoms with Crippen LogP contribution in [0.4, 0.5) is 0 Å². The molecule has 0 unspecified atom stereocenters. The third kappa shape index (κ3) is 2.99. The molecule has 1 aliphatic heterocycles. The highest BCUT2D eigenvalue weighted by Crippen LogP contribution is 2.23. The standard InChI is InChI=1S/C16H20N2O3S/c1-11-9-13-5-3-7-15(16(13)17-10-11)22(19,20)18-12(2)14-6-4-8-21-14/h3,5,7,9-10,12,14,18H,4,6,8H2,1-2H3/t12-,14+/m1/s1. The van der Waals surface area contributed by atoms with E-state index in [-0.39, 0.29) is 17.0 Å². The average molecular weight is 320 g/mol. The maximum Gasteiger partial charge on any atom is 0.243 e. The third-order valence-electron chi connectivity index (χ3n) is 3.96. The van der Waals surface area contributed by atoms with Crippen LogP contribution in [0.25, 0.3) is 10.9 Å². The highest BCUT2D eigenvalue weighted by molar-refractivity contribution is 7.89. The molecule has 2 aromatic rings. The van der Waals surface area contributed by atoms with E-state index in [0.717, 1.165) is 23.8 Å². The number of nitrogens with one attached hydrogen (secondary N) is 1. The molecule has 118 valence electrons. The predicted molar refractivity (Wildman–Crippen MR) is 85.2 cm³/mol. The van der Waals surface area contributed by atoms with Crippen LogP contribution in [0.5, 0.6) is 0 Å². The number of aryl methyl sites for hydroxylation is 1. The topological polar surface area (TPSA) is 68.3 Å². The number of hydrogen-bond donors (Lipinski definition) is 1. The van der Waals surface area contributed by atoms with Crippen molar-refractivity contribution in [2.75, 3.05) is 6.61 Å². The first-order chi connectivity index (χ1) is 10.5. The van der Waals surface area contributed by atoms with Crippen LogP contribution < -0.4 is 4.72 Å². The summed E-state index contributed by atoms with van der Waals surface area (Å²) in [7, 11) is -3.63. The molecule has 2 heterocycles. The fourth-order valence-electron chi connectivity index (χ4n) is 2.84. The summed E-state index contributed by atoms with van der Waals surface area (Å²) >= 11 is 0. The maximum atomic E-state index is 12.7. The number of pyridine rings is 1. The van der Waals surface area contributed by atoms with Gasteiger partial charge in [-0.25, -0.2) is 13.1 Å². The monoisotopic (exact) mass is 320 g/mol. The molecule has 22 heavy (non-hydrogen) atoms. The van der Waals surface area contributed by atoms with E-state index in [9.17, 15) is 8.42 Å². The number of aromatic nitrogens is 1. The molecule has 0 spiro atoms. The number of benzene rings is 1. The number of hydrogen-bond acceptors (Lipinski definition) is 4. The Morgan fingerprint density at radius 1 is 1.41 bits per heavy atom. The zero-order chi connectivity index (χ0) is 15.7. The molecule has 1 aliphatic rings. The summed E-state index contributed by atoms with van der Waals surface area (Å²) in [5.74, 6) is 0.